The van der Waals surface area contributed by atoms with Gasteiger partial charge in [-0.1, -0.05) is 43.8 Å². The average Bonchev–Trinajstić information content (AvgIpc) is 2.43. The summed E-state index contributed by atoms with van der Waals surface area (Å²) in [7, 11) is -1.13. The Balaban J connectivity index is 2.33. The van der Waals surface area contributed by atoms with Crippen LogP contribution in [0.1, 0.15) is 25.0 Å². The fourth-order valence-electron chi connectivity index (χ4n) is 1.75. The highest BCUT2D eigenvalue weighted by Gasteiger charge is 2.08. The summed E-state index contributed by atoms with van der Waals surface area (Å²) in [5.74, 6) is 0. The van der Waals surface area contributed by atoms with Gasteiger partial charge in [-0.05, 0) is 30.5 Å². The van der Waals surface area contributed by atoms with E-state index in [0.29, 0.717) is 0 Å². The Morgan fingerprint density at radius 2 is 2.17 bits per heavy atom. The summed E-state index contributed by atoms with van der Waals surface area (Å²) in [5, 5.41) is 0. The van der Waals surface area contributed by atoms with Gasteiger partial charge in [0, 0.05) is 13.2 Å². The van der Waals surface area contributed by atoms with E-state index in [4.69, 9.17) is 9.16 Å². The predicted molar refractivity (Wildman–Crippen MR) is 80.3 cm³/mol. The first kappa shape index (κ1) is 15.2. The van der Waals surface area contributed by atoms with Gasteiger partial charge in [0.05, 0.1) is 6.23 Å². The van der Waals surface area contributed by atoms with Gasteiger partial charge < -0.3 is 9.16 Å². The van der Waals surface area contributed by atoms with Crippen molar-refractivity contribution < 1.29 is 9.16 Å². The van der Waals surface area contributed by atoms with E-state index < -0.39 is 9.04 Å². The number of benzene rings is 1. The first-order valence-electron chi connectivity index (χ1n) is 6.70. The van der Waals surface area contributed by atoms with E-state index in [9.17, 15) is 0 Å². The highest BCUT2D eigenvalue weighted by atomic mass is 28.3. The van der Waals surface area contributed by atoms with Gasteiger partial charge in [0.25, 0.3) is 0 Å². The summed E-state index contributed by atoms with van der Waals surface area (Å²) >= 11 is 0. The van der Waals surface area contributed by atoms with Crippen LogP contribution in [0.15, 0.2) is 30.8 Å². The lowest BCUT2D eigenvalue weighted by molar-refractivity contribution is 0.171. The van der Waals surface area contributed by atoms with Crippen molar-refractivity contribution in [3.8, 4) is 0 Å². The van der Waals surface area contributed by atoms with Crippen LogP contribution in [-0.2, 0) is 15.6 Å². The normalized spacial score (nSPS) is 12.3. The van der Waals surface area contributed by atoms with Crippen molar-refractivity contribution in [3.63, 3.8) is 0 Å². The molecule has 0 aromatic heterocycles. The summed E-state index contributed by atoms with van der Waals surface area (Å²) in [6.07, 6.45) is 3.68. The molecule has 0 radical (unpaired) electrons. The molecule has 1 atom stereocenters. The smallest absolute Gasteiger partial charge is 0.201 e. The van der Waals surface area contributed by atoms with E-state index in [-0.39, 0.29) is 0 Å². The zero-order chi connectivity index (χ0) is 13.2. The fraction of sp³-hybridized carbons (Fsp3) is 0.467. The molecule has 3 heteroatoms. The fourth-order valence-corrected chi connectivity index (χ4v) is 3.27. The number of hydrogen-bond acceptors (Lipinski definition) is 2. The molecule has 0 aliphatic heterocycles. The molecule has 0 amide bonds. The third-order valence-corrected chi connectivity index (χ3v) is 5.12. The molecule has 100 valence electrons. The third-order valence-electron chi connectivity index (χ3n) is 2.89. The Morgan fingerprint density at radius 1 is 1.33 bits per heavy atom. The molecule has 0 heterocycles. The van der Waals surface area contributed by atoms with Crippen LogP contribution in [0.5, 0.6) is 0 Å². The molecule has 0 aliphatic carbocycles. The monoisotopic (exact) mass is 264 g/mol. The minimum atomic E-state index is -1.13. The van der Waals surface area contributed by atoms with Gasteiger partial charge in [-0.25, -0.2) is 0 Å². The second-order valence-corrected chi connectivity index (χ2v) is 6.99. The maximum Gasteiger partial charge on any atom is 0.201 e. The van der Waals surface area contributed by atoms with Crippen LogP contribution in [0.4, 0.5) is 0 Å². The number of hydrogen-bond donors (Lipinski definition) is 0. The minimum Gasteiger partial charge on any atom is -0.417 e. The Bertz CT molecular complexity index is 352. The van der Waals surface area contributed by atoms with Crippen molar-refractivity contribution in [3.05, 3.63) is 42.0 Å². The quantitative estimate of drug-likeness (QED) is 0.638. The summed E-state index contributed by atoms with van der Waals surface area (Å²) in [5.41, 5.74) is 2.48. The second kappa shape index (κ2) is 9.08. The van der Waals surface area contributed by atoms with E-state index in [1.165, 1.54) is 11.1 Å². The summed E-state index contributed by atoms with van der Waals surface area (Å²) in [4.78, 5) is 0. The van der Waals surface area contributed by atoms with Crippen molar-refractivity contribution in [2.75, 3.05) is 19.4 Å². The van der Waals surface area contributed by atoms with Crippen molar-refractivity contribution in [1.82, 2.24) is 0 Å². The molecular weight excluding hydrogens is 240 g/mol. The lowest BCUT2D eigenvalue weighted by atomic mass is 10.1. The zero-order valence-corrected chi connectivity index (χ0v) is 12.7. The number of rotatable bonds is 9. The molecule has 0 bridgehead atoms. The van der Waals surface area contributed by atoms with Gasteiger partial charge in [-0.15, -0.1) is 0 Å². The van der Waals surface area contributed by atoms with E-state index in [1.54, 1.807) is 0 Å². The van der Waals surface area contributed by atoms with Crippen molar-refractivity contribution in [2.24, 2.45) is 0 Å². The molecule has 0 spiro atoms. The van der Waals surface area contributed by atoms with Crippen LogP contribution < -0.4 is 0 Å². The van der Waals surface area contributed by atoms with Crippen LogP contribution in [-0.4, -0.2) is 28.5 Å². The molecule has 1 aromatic rings. The maximum absolute atomic E-state index is 5.96. The number of ether oxygens (including phenoxy) is 1. The Kier molecular flexibility index (Phi) is 7.65. The summed E-state index contributed by atoms with van der Waals surface area (Å²) < 4.78 is 11.4. The molecule has 1 rings (SSSR count). The van der Waals surface area contributed by atoms with Gasteiger partial charge in [0.1, 0.15) is 0 Å². The predicted octanol–water partition coefficient (Wildman–Crippen LogP) is 3.21. The highest BCUT2D eigenvalue weighted by molar-refractivity contribution is 6.51. The van der Waals surface area contributed by atoms with Crippen LogP contribution in [0.25, 0.3) is 6.08 Å². The second-order valence-electron chi connectivity index (χ2n) is 4.26. The molecule has 0 saturated heterocycles. The summed E-state index contributed by atoms with van der Waals surface area (Å²) in [6.45, 7) is 9.59. The Morgan fingerprint density at radius 3 is 2.83 bits per heavy atom. The van der Waals surface area contributed by atoms with Crippen molar-refractivity contribution >= 4 is 15.1 Å². The van der Waals surface area contributed by atoms with Gasteiger partial charge >= 0.3 is 0 Å². The third kappa shape index (κ3) is 5.62. The van der Waals surface area contributed by atoms with Gasteiger partial charge in [-0.2, -0.15) is 0 Å². The first-order chi connectivity index (χ1) is 8.80. The topological polar surface area (TPSA) is 18.5 Å². The van der Waals surface area contributed by atoms with Crippen LogP contribution in [0.2, 0.25) is 6.04 Å². The van der Waals surface area contributed by atoms with Crippen LogP contribution in [0, 0.1) is 0 Å². The van der Waals surface area contributed by atoms with Gasteiger partial charge in [0.15, 0.2) is 0 Å². The van der Waals surface area contributed by atoms with E-state index in [1.807, 2.05) is 13.0 Å². The standard InChI is InChI=1S/C15H24O2Si/c1-4-14-8-7-9-15(12-14)10-11-17-18(6-3)13-16-5-2/h4,7-9,12,18H,1,5-6,10-11,13H2,2-3H3. The van der Waals surface area contributed by atoms with Crippen molar-refractivity contribution in [2.45, 2.75) is 26.3 Å². The molecule has 1 unspecified atom stereocenters. The lowest BCUT2D eigenvalue weighted by Gasteiger charge is -2.14. The molecule has 1 aromatic carbocycles. The maximum atomic E-state index is 5.96. The SMILES string of the molecule is C=Cc1cccc(CCO[SiH](CC)COCC)c1. The van der Waals surface area contributed by atoms with E-state index in [0.717, 1.165) is 31.9 Å². The molecule has 0 aliphatic rings. The molecule has 0 N–H and O–H groups in total. The van der Waals surface area contributed by atoms with Crippen molar-refractivity contribution in [1.29, 1.82) is 0 Å². The Labute approximate surface area is 112 Å². The summed E-state index contributed by atoms with van der Waals surface area (Å²) in [6, 6.07) is 9.58. The van der Waals surface area contributed by atoms with Crippen LogP contribution in [0.3, 0.4) is 0 Å². The minimum absolute atomic E-state index is 0.786. The molecular formula is C15H24O2Si. The van der Waals surface area contributed by atoms with Crippen LogP contribution >= 0.6 is 0 Å². The molecule has 0 fully saturated rings. The molecule has 0 saturated carbocycles. The highest BCUT2D eigenvalue weighted by Crippen LogP contribution is 2.07. The van der Waals surface area contributed by atoms with Gasteiger partial charge in [-0.3, -0.25) is 0 Å². The largest absolute Gasteiger partial charge is 0.417 e. The van der Waals surface area contributed by atoms with Gasteiger partial charge in [0.2, 0.25) is 9.04 Å². The molecule has 2 nitrogen and oxygen atoms in total. The lowest BCUT2D eigenvalue weighted by Crippen LogP contribution is -2.25. The zero-order valence-electron chi connectivity index (χ0n) is 11.5. The Hall–Kier alpha value is -0.903. The molecule has 18 heavy (non-hydrogen) atoms. The average molecular weight is 264 g/mol. The van der Waals surface area contributed by atoms with E-state index >= 15 is 0 Å². The first-order valence-corrected chi connectivity index (χ1v) is 8.81. The van der Waals surface area contributed by atoms with E-state index in [2.05, 4.69) is 37.8 Å².